The van der Waals surface area contributed by atoms with Crippen molar-refractivity contribution in [2.24, 2.45) is 0 Å². The standard InChI is InChI=1S/C15H12I2N8/c16-11-4-12(24-25(11)17)22-15-21-6-10(19)14(23-15)8-5-20-13-7(8)2-1-3-9(13)18/h1-6,20H,18-19H2,(H,21,22,23,24). The van der Waals surface area contributed by atoms with Crippen molar-refractivity contribution in [2.45, 2.75) is 0 Å². The molecule has 0 amide bonds. The van der Waals surface area contributed by atoms with Crippen LogP contribution in [0.1, 0.15) is 0 Å². The number of benzene rings is 1. The molecule has 25 heavy (non-hydrogen) atoms. The van der Waals surface area contributed by atoms with Crippen LogP contribution in [0.2, 0.25) is 0 Å². The summed E-state index contributed by atoms with van der Waals surface area (Å²) >= 11 is 4.30. The van der Waals surface area contributed by atoms with Crippen LogP contribution in [-0.4, -0.2) is 22.9 Å². The van der Waals surface area contributed by atoms with Gasteiger partial charge in [-0.1, -0.05) is 12.1 Å². The number of nitrogens with zero attached hydrogens (tertiary/aromatic N) is 4. The van der Waals surface area contributed by atoms with E-state index >= 15 is 0 Å². The second kappa shape index (κ2) is 6.33. The molecule has 0 aliphatic carbocycles. The fourth-order valence-electron chi connectivity index (χ4n) is 2.55. The van der Waals surface area contributed by atoms with Gasteiger partial charge < -0.3 is 21.8 Å². The Morgan fingerprint density at radius 2 is 2.04 bits per heavy atom. The fourth-order valence-corrected chi connectivity index (χ4v) is 3.33. The van der Waals surface area contributed by atoms with Crippen LogP contribution in [0, 0.1) is 3.70 Å². The Labute approximate surface area is 170 Å². The molecule has 0 aliphatic heterocycles. The van der Waals surface area contributed by atoms with E-state index in [0.717, 1.165) is 20.2 Å². The van der Waals surface area contributed by atoms with Gasteiger partial charge in [0, 0.05) is 23.2 Å². The summed E-state index contributed by atoms with van der Waals surface area (Å²) in [6.45, 7) is 0. The number of nitrogens with two attached hydrogens (primary N) is 2. The molecule has 126 valence electrons. The van der Waals surface area contributed by atoms with E-state index in [0.29, 0.717) is 28.8 Å². The van der Waals surface area contributed by atoms with Crippen molar-refractivity contribution in [1.29, 1.82) is 0 Å². The quantitative estimate of drug-likeness (QED) is 0.226. The molecule has 10 heteroatoms. The van der Waals surface area contributed by atoms with Gasteiger partial charge in [-0.25, -0.2) is 9.97 Å². The Morgan fingerprint density at radius 1 is 1.20 bits per heavy atom. The molecule has 3 heterocycles. The van der Waals surface area contributed by atoms with E-state index in [1.165, 1.54) is 0 Å². The van der Waals surface area contributed by atoms with E-state index in [-0.39, 0.29) is 0 Å². The molecule has 0 bridgehead atoms. The van der Waals surface area contributed by atoms with Crippen LogP contribution in [0.4, 0.5) is 23.1 Å². The summed E-state index contributed by atoms with van der Waals surface area (Å²) in [4.78, 5) is 12.0. The first-order chi connectivity index (χ1) is 12.0. The SMILES string of the molecule is Nc1cnc(Nc2cc(I)n(I)n2)nc1-c1c[nH]c2c(N)cccc12. The highest BCUT2D eigenvalue weighted by Gasteiger charge is 2.14. The number of halogens is 2. The molecule has 0 saturated heterocycles. The van der Waals surface area contributed by atoms with Gasteiger partial charge in [-0.05, 0) is 28.7 Å². The molecule has 4 rings (SSSR count). The smallest absolute Gasteiger partial charge is 0.229 e. The lowest BCUT2D eigenvalue weighted by molar-refractivity contribution is 1.03. The van der Waals surface area contributed by atoms with Gasteiger partial charge in [0.1, 0.15) is 9.39 Å². The van der Waals surface area contributed by atoms with E-state index in [1.54, 1.807) is 9.09 Å². The lowest BCUT2D eigenvalue weighted by atomic mass is 10.1. The van der Waals surface area contributed by atoms with Crippen molar-refractivity contribution in [3.05, 3.63) is 40.4 Å². The van der Waals surface area contributed by atoms with Crippen molar-refractivity contribution < 1.29 is 0 Å². The third-order valence-electron chi connectivity index (χ3n) is 3.69. The van der Waals surface area contributed by atoms with E-state index < -0.39 is 0 Å². The zero-order chi connectivity index (χ0) is 17.6. The molecule has 8 nitrogen and oxygen atoms in total. The minimum atomic E-state index is 0.424. The number of nitrogen functional groups attached to an aromatic ring is 2. The zero-order valence-electron chi connectivity index (χ0n) is 12.7. The van der Waals surface area contributed by atoms with E-state index in [4.69, 9.17) is 11.5 Å². The number of rotatable bonds is 3. The van der Waals surface area contributed by atoms with Crippen LogP contribution in [0.3, 0.4) is 0 Å². The van der Waals surface area contributed by atoms with E-state index in [2.05, 4.69) is 70.8 Å². The van der Waals surface area contributed by atoms with E-state index in [9.17, 15) is 0 Å². The number of hydrogen-bond donors (Lipinski definition) is 4. The van der Waals surface area contributed by atoms with Crippen molar-refractivity contribution in [1.82, 2.24) is 22.9 Å². The third-order valence-corrected chi connectivity index (χ3v) is 6.11. The summed E-state index contributed by atoms with van der Waals surface area (Å²) in [5.74, 6) is 1.09. The Kier molecular flexibility index (Phi) is 4.15. The molecule has 6 N–H and O–H groups in total. The highest BCUT2D eigenvalue weighted by Crippen LogP contribution is 2.33. The molecule has 4 aromatic rings. The lowest BCUT2D eigenvalue weighted by Crippen LogP contribution is -2.02. The second-order valence-electron chi connectivity index (χ2n) is 5.31. The molecular weight excluding hydrogens is 546 g/mol. The minimum absolute atomic E-state index is 0.424. The van der Waals surface area contributed by atoms with Gasteiger partial charge in [-0.3, -0.25) is 0 Å². The summed E-state index contributed by atoms with van der Waals surface area (Å²) in [7, 11) is 0. The summed E-state index contributed by atoms with van der Waals surface area (Å²) < 4.78 is 2.73. The molecular formula is C15H12I2N8. The van der Waals surface area contributed by atoms with Gasteiger partial charge in [0.05, 0.1) is 46.0 Å². The molecule has 0 saturated carbocycles. The number of nitrogens with one attached hydrogen (secondary N) is 2. The Balaban J connectivity index is 1.78. The number of aromatic nitrogens is 5. The topological polar surface area (TPSA) is 123 Å². The molecule has 0 unspecified atom stereocenters. The maximum absolute atomic E-state index is 6.11. The maximum atomic E-state index is 6.11. The van der Waals surface area contributed by atoms with Crippen LogP contribution in [-0.2, 0) is 0 Å². The van der Waals surface area contributed by atoms with Gasteiger partial charge in [-0.15, -0.1) is 5.10 Å². The molecule has 3 aromatic heterocycles. The number of hydrogen-bond acceptors (Lipinski definition) is 6. The van der Waals surface area contributed by atoms with Crippen molar-refractivity contribution in [3.63, 3.8) is 0 Å². The summed E-state index contributed by atoms with van der Waals surface area (Å²) in [5, 5.41) is 8.39. The van der Waals surface area contributed by atoms with Crippen LogP contribution in [0.25, 0.3) is 22.2 Å². The first kappa shape index (κ1) is 16.4. The molecule has 0 fully saturated rings. The highest BCUT2D eigenvalue weighted by molar-refractivity contribution is 14.1. The van der Waals surface area contributed by atoms with Crippen LogP contribution in [0.15, 0.2) is 36.7 Å². The molecule has 0 atom stereocenters. The molecule has 0 radical (unpaired) electrons. The third kappa shape index (κ3) is 2.99. The van der Waals surface area contributed by atoms with Gasteiger partial charge in [0.25, 0.3) is 0 Å². The minimum Gasteiger partial charge on any atom is -0.397 e. The average Bonchev–Trinajstić information content (AvgIpc) is 3.14. The monoisotopic (exact) mass is 558 g/mol. The summed E-state index contributed by atoms with van der Waals surface area (Å²) in [5.41, 5.74) is 15.7. The maximum Gasteiger partial charge on any atom is 0.229 e. The number of para-hydroxylation sites is 1. The number of fused-ring (bicyclic) bond motifs is 1. The Bertz CT molecular complexity index is 1070. The van der Waals surface area contributed by atoms with Gasteiger partial charge in [0.15, 0.2) is 5.82 Å². The molecule has 1 aromatic carbocycles. The predicted molar refractivity (Wildman–Crippen MR) is 116 cm³/mol. The zero-order valence-corrected chi connectivity index (χ0v) is 17.0. The second-order valence-corrected chi connectivity index (χ2v) is 7.33. The van der Waals surface area contributed by atoms with Gasteiger partial charge >= 0.3 is 0 Å². The van der Waals surface area contributed by atoms with Gasteiger partial charge in [0.2, 0.25) is 5.95 Å². The first-order valence-corrected chi connectivity index (χ1v) is 9.24. The van der Waals surface area contributed by atoms with Crippen LogP contribution >= 0.6 is 45.5 Å². The Hall–Kier alpha value is -2.09. The average molecular weight is 558 g/mol. The normalized spacial score (nSPS) is 11.1. The Morgan fingerprint density at radius 3 is 2.80 bits per heavy atom. The number of H-pyrrole nitrogens is 1. The van der Waals surface area contributed by atoms with Crippen molar-refractivity contribution in [2.75, 3.05) is 16.8 Å². The summed E-state index contributed by atoms with van der Waals surface area (Å²) in [6.07, 6.45) is 3.44. The van der Waals surface area contributed by atoms with Crippen LogP contribution in [0.5, 0.6) is 0 Å². The van der Waals surface area contributed by atoms with E-state index in [1.807, 2.05) is 30.5 Å². The molecule has 0 spiro atoms. The van der Waals surface area contributed by atoms with Crippen LogP contribution < -0.4 is 16.8 Å². The van der Waals surface area contributed by atoms with Crippen molar-refractivity contribution in [3.8, 4) is 11.3 Å². The number of aromatic amines is 1. The first-order valence-electron chi connectivity index (χ1n) is 7.20. The number of anilines is 4. The van der Waals surface area contributed by atoms with Crippen molar-refractivity contribution >= 4 is 79.5 Å². The highest BCUT2D eigenvalue weighted by atomic mass is 127. The fraction of sp³-hybridized carbons (Fsp3) is 0. The summed E-state index contributed by atoms with van der Waals surface area (Å²) in [6, 6.07) is 7.63. The lowest BCUT2D eigenvalue weighted by Gasteiger charge is -2.07. The molecule has 0 aliphatic rings. The largest absolute Gasteiger partial charge is 0.397 e. The van der Waals surface area contributed by atoms with Gasteiger partial charge in [-0.2, -0.15) is 2.90 Å². The predicted octanol–water partition coefficient (Wildman–Crippen LogP) is 3.53.